The van der Waals surface area contributed by atoms with Crippen molar-refractivity contribution in [2.45, 2.75) is 18.9 Å². The summed E-state index contributed by atoms with van der Waals surface area (Å²) in [6, 6.07) is 2.48. The molecule has 0 bridgehead atoms. The summed E-state index contributed by atoms with van der Waals surface area (Å²) in [5.74, 6) is 0.895. The van der Waals surface area contributed by atoms with E-state index in [2.05, 4.69) is 26.2 Å². The zero-order chi connectivity index (χ0) is 8.55. The highest BCUT2D eigenvalue weighted by Crippen LogP contribution is 2.28. The minimum atomic E-state index is 0.623. The molecule has 3 N–H and O–H groups in total. The highest BCUT2D eigenvalue weighted by atomic mass is 79.9. The number of nitrogens with two attached hydrogens (primary N) is 1. The zero-order valence-corrected chi connectivity index (χ0v) is 8.13. The van der Waals surface area contributed by atoms with E-state index in [4.69, 9.17) is 5.73 Å². The SMILES string of the molecule is Nc1cnc(NC2CC2)c(Br)c1. The molecule has 0 spiro atoms. The van der Waals surface area contributed by atoms with Crippen LogP contribution in [0.4, 0.5) is 11.5 Å². The lowest BCUT2D eigenvalue weighted by Crippen LogP contribution is -2.03. The van der Waals surface area contributed by atoms with E-state index in [9.17, 15) is 0 Å². The Morgan fingerprint density at radius 2 is 2.33 bits per heavy atom. The van der Waals surface area contributed by atoms with E-state index in [-0.39, 0.29) is 0 Å². The summed E-state index contributed by atoms with van der Waals surface area (Å²) in [5.41, 5.74) is 6.24. The summed E-state index contributed by atoms with van der Waals surface area (Å²) in [6.07, 6.45) is 4.16. The number of nitrogens with one attached hydrogen (secondary N) is 1. The van der Waals surface area contributed by atoms with Crippen LogP contribution in [0.5, 0.6) is 0 Å². The van der Waals surface area contributed by atoms with E-state index in [0.717, 1.165) is 10.3 Å². The Labute approximate surface area is 79.5 Å². The number of rotatable bonds is 2. The van der Waals surface area contributed by atoms with Crippen molar-refractivity contribution in [1.29, 1.82) is 0 Å². The van der Waals surface area contributed by atoms with E-state index >= 15 is 0 Å². The molecule has 0 amide bonds. The summed E-state index contributed by atoms with van der Waals surface area (Å²) in [7, 11) is 0. The number of hydrogen-bond acceptors (Lipinski definition) is 3. The Morgan fingerprint density at radius 3 is 2.92 bits per heavy atom. The van der Waals surface area contributed by atoms with Crippen molar-refractivity contribution < 1.29 is 0 Å². The Balaban J connectivity index is 2.18. The Bertz CT molecular complexity index is 296. The second-order valence-electron chi connectivity index (χ2n) is 3.02. The molecule has 1 aliphatic rings. The molecule has 0 saturated heterocycles. The van der Waals surface area contributed by atoms with Gasteiger partial charge >= 0.3 is 0 Å². The van der Waals surface area contributed by atoms with E-state index in [1.165, 1.54) is 12.8 Å². The Kier molecular flexibility index (Phi) is 1.92. The van der Waals surface area contributed by atoms with Gasteiger partial charge in [-0.05, 0) is 34.8 Å². The molecule has 12 heavy (non-hydrogen) atoms. The predicted molar refractivity (Wildman–Crippen MR) is 53.0 cm³/mol. The first-order valence-electron chi connectivity index (χ1n) is 3.93. The molecule has 1 aliphatic carbocycles. The highest BCUT2D eigenvalue weighted by molar-refractivity contribution is 9.10. The maximum atomic E-state index is 5.55. The number of pyridine rings is 1. The van der Waals surface area contributed by atoms with E-state index in [1.54, 1.807) is 6.20 Å². The number of nitrogens with zero attached hydrogens (tertiary/aromatic N) is 1. The Morgan fingerprint density at radius 1 is 1.58 bits per heavy atom. The van der Waals surface area contributed by atoms with Crippen LogP contribution in [-0.4, -0.2) is 11.0 Å². The fourth-order valence-corrected chi connectivity index (χ4v) is 1.46. The fraction of sp³-hybridized carbons (Fsp3) is 0.375. The maximum Gasteiger partial charge on any atom is 0.140 e. The molecule has 0 unspecified atom stereocenters. The first-order chi connectivity index (χ1) is 5.75. The fourth-order valence-electron chi connectivity index (χ4n) is 0.980. The summed E-state index contributed by atoms with van der Waals surface area (Å²) < 4.78 is 0.939. The lowest BCUT2D eigenvalue weighted by atomic mass is 10.4. The molecule has 1 aromatic heterocycles. The van der Waals surface area contributed by atoms with Crippen molar-refractivity contribution in [3.8, 4) is 0 Å². The van der Waals surface area contributed by atoms with Gasteiger partial charge in [0.15, 0.2) is 0 Å². The van der Waals surface area contributed by atoms with Crippen LogP contribution in [0.2, 0.25) is 0 Å². The molecule has 3 nitrogen and oxygen atoms in total. The molecule has 1 fully saturated rings. The first kappa shape index (κ1) is 7.86. The smallest absolute Gasteiger partial charge is 0.140 e. The molecule has 0 atom stereocenters. The van der Waals surface area contributed by atoms with Crippen LogP contribution in [0.1, 0.15) is 12.8 Å². The van der Waals surface area contributed by atoms with E-state index in [0.29, 0.717) is 11.7 Å². The quantitative estimate of drug-likeness (QED) is 0.813. The summed E-state index contributed by atoms with van der Waals surface area (Å²) in [6.45, 7) is 0. The van der Waals surface area contributed by atoms with Gasteiger partial charge < -0.3 is 11.1 Å². The summed E-state index contributed by atoms with van der Waals surface area (Å²) in [4.78, 5) is 4.17. The van der Waals surface area contributed by atoms with Gasteiger partial charge in [-0.3, -0.25) is 0 Å². The third-order valence-electron chi connectivity index (χ3n) is 1.78. The summed E-state index contributed by atoms with van der Waals surface area (Å²) >= 11 is 3.40. The van der Waals surface area contributed by atoms with Crippen LogP contribution in [0.25, 0.3) is 0 Å². The van der Waals surface area contributed by atoms with Crippen LogP contribution in [0, 0.1) is 0 Å². The van der Waals surface area contributed by atoms with Gasteiger partial charge in [0.2, 0.25) is 0 Å². The minimum absolute atomic E-state index is 0.623. The van der Waals surface area contributed by atoms with Crippen molar-refractivity contribution >= 4 is 27.4 Å². The topological polar surface area (TPSA) is 50.9 Å². The minimum Gasteiger partial charge on any atom is -0.397 e. The van der Waals surface area contributed by atoms with Crippen LogP contribution in [-0.2, 0) is 0 Å². The number of aromatic nitrogens is 1. The zero-order valence-electron chi connectivity index (χ0n) is 6.55. The Hall–Kier alpha value is -0.770. The molecule has 0 aliphatic heterocycles. The largest absolute Gasteiger partial charge is 0.397 e. The molecule has 0 aromatic carbocycles. The highest BCUT2D eigenvalue weighted by Gasteiger charge is 2.21. The first-order valence-corrected chi connectivity index (χ1v) is 4.72. The van der Waals surface area contributed by atoms with Crippen molar-refractivity contribution in [3.05, 3.63) is 16.7 Å². The van der Waals surface area contributed by atoms with Gasteiger partial charge in [-0.25, -0.2) is 4.98 Å². The van der Waals surface area contributed by atoms with Gasteiger partial charge in [-0.1, -0.05) is 0 Å². The maximum absolute atomic E-state index is 5.55. The van der Waals surface area contributed by atoms with Crippen LogP contribution in [0.3, 0.4) is 0 Å². The van der Waals surface area contributed by atoms with Gasteiger partial charge in [0, 0.05) is 6.04 Å². The predicted octanol–water partition coefficient (Wildman–Crippen LogP) is 2.00. The van der Waals surface area contributed by atoms with Gasteiger partial charge in [-0.15, -0.1) is 0 Å². The van der Waals surface area contributed by atoms with Crippen molar-refractivity contribution in [1.82, 2.24) is 4.98 Å². The number of halogens is 1. The normalized spacial score (nSPS) is 16.1. The third-order valence-corrected chi connectivity index (χ3v) is 2.39. The standard InChI is InChI=1S/C8H10BrN3/c9-7-3-5(10)4-11-8(7)12-6-1-2-6/h3-4,6H,1-2,10H2,(H,11,12). The molecule has 64 valence electrons. The molecule has 4 heteroatoms. The van der Waals surface area contributed by atoms with Gasteiger partial charge in [0.1, 0.15) is 5.82 Å². The third kappa shape index (κ3) is 1.69. The van der Waals surface area contributed by atoms with Gasteiger partial charge in [0.05, 0.1) is 16.4 Å². The average molecular weight is 228 g/mol. The van der Waals surface area contributed by atoms with Crippen LogP contribution < -0.4 is 11.1 Å². The average Bonchev–Trinajstić information content (AvgIpc) is 2.79. The van der Waals surface area contributed by atoms with E-state index < -0.39 is 0 Å². The molecular formula is C8H10BrN3. The van der Waals surface area contributed by atoms with Gasteiger partial charge in [0.25, 0.3) is 0 Å². The number of nitrogen functional groups attached to an aromatic ring is 1. The molecule has 0 radical (unpaired) electrons. The van der Waals surface area contributed by atoms with Crippen molar-refractivity contribution in [2.24, 2.45) is 0 Å². The summed E-state index contributed by atoms with van der Waals surface area (Å²) in [5, 5.41) is 3.30. The number of hydrogen-bond donors (Lipinski definition) is 2. The second kappa shape index (κ2) is 2.94. The monoisotopic (exact) mass is 227 g/mol. The molecule has 1 saturated carbocycles. The lowest BCUT2D eigenvalue weighted by molar-refractivity contribution is 1.11. The molecule has 2 rings (SSSR count). The van der Waals surface area contributed by atoms with Crippen LogP contribution in [0.15, 0.2) is 16.7 Å². The second-order valence-corrected chi connectivity index (χ2v) is 3.87. The molecule has 1 aromatic rings. The van der Waals surface area contributed by atoms with Crippen molar-refractivity contribution in [2.75, 3.05) is 11.1 Å². The van der Waals surface area contributed by atoms with E-state index in [1.807, 2.05) is 6.07 Å². The number of anilines is 2. The molecular weight excluding hydrogens is 218 g/mol. The molecule has 1 heterocycles. The van der Waals surface area contributed by atoms with Gasteiger partial charge in [-0.2, -0.15) is 0 Å². The van der Waals surface area contributed by atoms with Crippen LogP contribution >= 0.6 is 15.9 Å². The van der Waals surface area contributed by atoms with Crippen molar-refractivity contribution in [3.63, 3.8) is 0 Å². The lowest BCUT2D eigenvalue weighted by Gasteiger charge is -2.05.